The molecule has 0 saturated carbocycles. The molecule has 0 aromatic rings. The summed E-state index contributed by atoms with van der Waals surface area (Å²) in [4.78, 5) is 10.3. The lowest BCUT2D eigenvalue weighted by Crippen LogP contribution is -2.42. The predicted octanol–water partition coefficient (Wildman–Crippen LogP) is 1.65. The number of fused-ring (bicyclic) bond motifs is 2. The highest BCUT2D eigenvalue weighted by Crippen LogP contribution is 2.51. The zero-order chi connectivity index (χ0) is 11.1. The number of hydrogen-bond donors (Lipinski definition) is 2. The first-order valence-corrected chi connectivity index (χ1v) is 6.64. The van der Waals surface area contributed by atoms with E-state index < -0.39 is 0 Å². The Morgan fingerprint density at radius 1 is 1.56 bits per heavy atom. The molecular formula is C11H16N4S. The maximum absolute atomic E-state index is 5.55. The maximum Gasteiger partial charge on any atom is 0.128 e. The highest BCUT2D eigenvalue weighted by Gasteiger charge is 2.42. The van der Waals surface area contributed by atoms with Gasteiger partial charge in [-0.15, -0.1) is 11.8 Å². The average Bonchev–Trinajstić information content (AvgIpc) is 2.68. The van der Waals surface area contributed by atoms with Crippen LogP contribution in [0.1, 0.15) is 26.2 Å². The lowest BCUT2D eigenvalue weighted by Gasteiger charge is -2.27. The third-order valence-electron chi connectivity index (χ3n) is 3.63. The van der Waals surface area contributed by atoms with Gasteiger partial charge in [0.05, 0.1) is 5.92 Å². The first kappa shape index (κ1) is 10.4. The lowest BCUT2D eigenvalue weighted by molar-refractivity contribution is 0.506. The first-order chi connectivity index (χ1) is 7.81. The lowest BCUT2D eigenvalue weighted by atomic mass is 9.81. The molecule has 1 aliphatic carbocycles. The van der Waals surface area contributed by atoms with Crippen LogP contribution < -0.4 is 11.3 Å². The molecule has 3 aliphatic rings. The van der Waals surface area contributed by atoms with Crippen LogP contribution in [0.15, 0.2) is 20.5 Å². The van der Waals surface area contributed by atoms with Crippen LogP contribution in [-0.2, 0) is 0 Å². The summed E-state index contributed by atoms with van der Waals surface area (Å²) in [6, 6.07) is 0. The van der Waals surface area contributed by atoms with Crippen LogP contribution in [0, 0.1) is 11.8 Å². The SMILES string of the molecule is CC1CCCC2=C1C1C(NN)=NC=NC1S2. The quantitative estimate of drug-likeness (QED) is 0.496. The molecule has 0 radical (unpaired) electrons. The van der Waals surface area contributed by atoms with Crippen molar-refractivity contribution in [2.75, 3.05) is 0 Å². The molecule has 0 amide bonds. The first-order valence-electron chi connectivity index (χ1n) is 5.77. The van der Waals surface area contributed by atoms with Crippen molar-refractivity contribution in [3.8, 4) is 0 Å². The smallest absolute Gasteiger partial charge is 0.128 e. The van der Waals surface area contributed by atoms with Gasteiger partial charge in [0.1, 0.15) is 17.5 Å². The zero-order valence-corrected chi connectivity index (χ0v) is 10.1. The van der Waals surface area contributed by atoms with Crippen molar-refractivity contribution < 1.29 is 0 Å². The Balaban J connectivity index is 2.00. The molecule has 0 aromatic carbocycles. The molecule has 3 atom stereocenters. The predicted molar refractivity (Wildman–Crippen MR) is 68.2 cm³/mol. The second kappa shape index (κ2) is 3.89. The van der Waals surface area contributed by atoms with Crippen LogP contribution in [0.2, 0.25) is 0 Å². The van der Waals surface area contributed by atoms with Crippen molar-refractivity contribution in [3.05, 3.63) is 10.5 Å². The molecule has 0 aromatic heterocycles. The van der Waals surface area contributed by atoms with E-state index in [1.807, 2.05) is 11.8 Å². The highest BCUT2D eigenvalue weighted by atomic mass is 32.2. The summed E-state index contributed by atoms with van der Waals surface area (Å²) in [7, 11) is 0. The number of thioether (sulfide) groups is 1. The fourth-order valence-electron chi connectivity index (χ4n) is 2.89. The number of nitrogens with zero attached hydrogens (tertiary/aromatic N) is 2. The second-order valence-electron chi connectivity index (χ2n) is 4.58. The molecule has 86 valence electrons. The fourth-order valence-corrected chi connectivity index (χ4v) is 4.43. The van der Waals surface area contributed by atoms with E-state index in [2.05, 4.69) is 22.3 Å². The van der Waals surface area contributed by atoms with Crippen LogP contribution in [0.5, 0.6) is 0 Å². The van der Waals surface area contributed by atoms with Crippen molar-refractivity contribution in [1.29, 1.82) is 0 Å². The molecule has 0 bridgehead atoms. The molecule has 0 saturated heterocycles. The van der Waals surface area contributed by atoms with E-state index >= 15 is 0 Å². The summed E-state index contributed by atoms with van der Waals surface area (Å²) in [6.07, 6.45) is 5.43. The van der Waals surface area contributed by atoms with Gasteiger partial charge in [0, 0.05) is 0 Å². The van der Waals surface area contributed by atoms with Gasteiger partial charge < -0.3 is 5.43 Å². The normalized spacial score (nSPS) is 36.9. The number of nitrogens with two attached hydrogens (primary N) is 1. The van der Waals surface area contributed by atoms with Crippen LogP contribution in [0.4, 0.5) is 0 Å². The van der Waals surface area contributed by atoms with Gasteiger partial charge in [-0.25, -0.2) is 10.8 Å². The van der Waals surface area contributed by atoms with Crippen molar-refractivity contribution >= 4 is 23.9 Å². The van der Waals surface area contributed by atoms with Crippen LogP contribution in [0.3, 0.4) is 0 Å². The molecule has 4 nitrogen and oxygen atoms in total. The number of rotatable bonds is 0. The Morgan fingerprint density at radius 3 is 3.25 bits per heavy atom. The number of allylic oxidation sites excluding steroid dienone is 1. The summed E-state index contributed by atoms with van der Waals surface area (Å²) in [5, 5.41) is 0.272. The van der Waals surface area contributed by atoms with Gasteiger partial charge >= 0.3 is 0 Å². The van der Waals surface area contributed by atoms with Crippen molar-refractivity contribution in [3.63, 3.8) is 0 Å². The Hall–Kier alpha value is -0.810. The van der Waals surface area contributed by atoms with Crippen molar-refractivity contribution in [2.24, 2.45) is 27.7 Å². The maximum atomic E-state index is 5.55. The van der Waals surface area contributed by atoms with Gasteiger partial charge in [0.25, 0.3) is 0 Å². The summed E-state index contributed by atoms with van der Waals surface area (Å²) in [5.74, 6) is 7.38. The Kier molecular flexibility index (Phi) is 2.52. The van der Waals surface area contributed by atoms with E-state index in [0.29, 0.717) is 11.8 Å². The standard InChI is InChI=1S/C11H16N4S/c1-6-3-2-4-7-8(6)9-10(15-12)13-5-14-11(9)16-7/h5-6,9,11H,2-4,12H2,1H3,(H,13,14,15). The van der Waals surface area contributed by atoms with Crippen molar-refractivity contribution in [2.45, 2.75) is 31.6 Å². The van der Waals surface area contributed by atoms with Crippen LogP contribution in [-0.4, -0.2) is 17.5 Å². The monoisotopic (exact) mass is 236 g/mol. The van der Waals surface area contributed by atoms with Gasteiger partial charge in [-0.1, -0.05) is 6.92 Å². The minimum atomic E-state index is 0.272. The Morgan fingerprint density at radius 2 is 2.44 bits per heavy atom. The summed E-state index contributed by atoms with van der Waals surface area (Å²) in [5.41, 5.74) is 4.28. The molecule has 0 fully saturated rings. The molecule has 0 spiro atoms. The molecule has 2 heterocycles. The van der Waals surface area contributed by atoms with Gasteiger partial charge in [0.15, 0.2) is 0 Å². The van der Waals surface area contributed by atoms with E-state index in [-0.39, 0.29) is 5.37 Å². The molecule has 2 aliphatic heterocycles. The van der Waals surface area contributed by atoms with E-state index in [9.17, 15) is 0 Å². The average molecular weight is 236 g/mol. The third-order valence-corrected chi connectivity index (χ3v) is 4.99. The van der Waals surface area contributed by atoms with Crippen LogP contribution in [0.25, 0.3) is 0 Å². The molecular weight excluding hydrogens is 220 g/mol. The van der Waals surface area contributed by atoms with E-state index in [4.69, 9.17) is 5.84 Å². The molecule has 5 heteroatoms. The fraction of sp³-hybridized carbons (Fsp3) is 0.636. The third kappa shape index (κ3) is 1.42. The second-order valence-corrected chi connectivity index (χ2v) is 5.79. The van der Waals surface area contributed by atoms with Gasteiger partial charge in [-0.05, 0) is 35.7 Å². The summed E-state index contributed by atoms with van der Waals surface area (Å²) in [6.45, 7) is 2.31. The summed E-state index contributed by atoms with van der Waals surface area (Å²) < 4.78 is 0. The topological polar surface area (TPSA) is 62.8 Å². The van der Waals surface area contributed by atoms with Gasteiger partial charge in [-0.2, -0.15) is 0 Å². The molecule has 3 N–H and O–H groups in total. The van der Waals surface area contributed by atoms with Crippen LogP contribution >= 0.6 is 11.8 Å². The highest BCUT2D eigenvalue weighted by molar-refractivity contribution is 8.04. The Labute approximate surface area is 99.5 Å². The summed E-state index contributed by atoms with van der Waals surface area (Å²) >= 11 is 1.91. The van der Waals surface area contributed by atoms with Crippen molar-refractivity contribution in [1.82, 2.24) is 5.43 Å². The number of hydrogen-bond acceptors (Lipinski definition) is 5. The van der Waals surface area contributed by atoms with Gasteiger partial charge in [0.2, 0.25) is 0 Å². The van der Waals surface area contributed by atoms with Gasteiger partial charge in [-0.3, -0.25) is 4.99 Å². The number of aliphatic imine (C=N–C) groups is 2. The number of amidine groups is 1. The Bertz CT molecular complexity index is 399. The minimum Gasteiger partial charge on any atom is -0.311 e. The molecule has 3 unspecified atom stereocenters. The zero-order valence-electron chi connectivity index (χ0n) is 9.31. The van der Waals surface area contributed by atoms with E-state index in [0.717, 1.165) is 5.84 Å². The van der Waals surface area contributed by atoms with E-state index in [1.165, 1.54) is 29.7 Å². The minimum absolute atomic E-state index is 0.272. The molecule has 3 rings (SSSR count). The largest absolute Gasteiger partial charge is 0.311 e. The van der Waals surface area contributed by atoms with E-state index in [1.54, 1.807) is 6.34 Å². The number of hydrazine groups is 1. The molecule has 16 heavy (non-hydrogen) atoms. The number of nitrogens with one attached hydrogen (secondary N) is 1.